The molecular formula is C25H32N4O6Si. The lowest BCUT2D eigenvalue weighted by Gasteiger charge is -2.15. The first-order valence-corrected chi connectivity index (χ1v) is 15.5. The second kappa shape index (κ2) is 10.3. The highest BCUT2D eigenvalue weighted by Crippen LogP contribution is 2.42. The molecule has 1 aliphatic rings. The number of hydrogen-bond donors (Lipinski definition) is 2. The first-order valence-electron chi connectivity index (χ1n) is 11.8. The van der Waals surface area contributed by atoms with Gasteiger partial charge in [0.25, 0.3) is 0 Å². The quantitative estimate of drug-likeness (QED) is 0.291. The fraction of sp³-hybridized carbons (Fsp3) is 0.440. The fourth-order valence-corrected chi connectivity index (χ4v) is 4.80. The van der Waals surface area contributed by atoms with Gasteiger partial charge in [0.05, 0.1) is 31.6 Å². The summed E-state index contributed by atoms with van der Waals surface area (Å²) in [6.45, 7) is 7.81. The molecule has 3 aromatic rings. The Balaban J connectivity index is 1.70. The van der Waals surface area contributed by atoms with Crippen LogP contribution in [0, 0.1) is 11.8 Å². The summed E-state index contributed by atoms with van der Waals surface area (Å²) in [4.78, 5) is 32.7. The molecule has 0 aliphatic heterocycles. The highest BCUT2D eigenvalue weighted by Gasteiger charge is 2.48. The number of nitrogens with zero attached hydrogens (tertiary/aromatic N) is 3. The van der Waals surface area contributed by atoms with E-state index in [2.05, 4.69) is 29.9 Å². The van der Waals surface area contributed by atoms with Gasteiger partial charge in [-0.1, -0.05) is 19.6 Å². The molecule has 11 heteroatoms. The predicted molar refractivity (Wildman–Crippen MR) is 138 cm³/mol. The van der Waals surface area contributed by atoms with E-state index in [4.69, 9.17) is 24.3 Å². The van der Waals surface area contributed by atoms with Crippen molar-refractivity contribution < 1.29 is 28.9 Å². The monoisotopic (exact) mass is 512 g/mol. The van der Waals surface area contributed by atoms with E-state index in [-0.39, 0.29) is 12.6 Å². The van der Waals surface area contributed by atoms with Crippen molar-refractivity contribution >= 4 is 36.8 Å². The van der Waals surface area contributed by atoms with Crippen LogP contribution in [-0.4, -0.2) is 60.4 Å². The molecular weight excluding hydrogens is 480 g/mol. The average Bonchev–Trinajstić information content (AvgIpc) is 3.58. The molecule has 1 amide bonds. The molecule has 4 rings (SSSR count). The van der Waals surface area contributed by atoms with E-state index in [1.54, 1.807) is 32.5 Å². The zero-order valence-electron chi connectivity index (χ0n) is 21.2. The molecule has 1 aliphatic carbocycles. The lowest BCUT2D eigenvalue weighted by Crippen LogP contribution is -2.22. The van der Waals surface area contributed by atoms with Crippen LogP contribution in [0.5, 0.6) is 11.6 Å². The van der Waals surface area contributed by atoms with E-state index >= 15 is 0 Å². The largest absolute Gasteiger partial charge is 0.496 e. The number of nitrogens with one attached hydrogen (secondary N) is 1. The Bertz CT molecular complexity index is 1260. The first kappa shape index (κ1) is 25.6. The molecule has 0 spiro atoms. The Morgan fingerprint density at radius 2 is 1.94 bits per heavy atom. The highest BCUT2D eigenvalue weighted by atomic mass is 28.3. The summed E-state index contributed by atoms with van der Waals surface area (Å²) < 4.78 is 19.0. The highest BCUT2D eigenvalue weighted by molar-refractivity contribution is 6.76. The van der Waals surface area contributed by atoms with Gasteiger partial charge in [-0.05, 0) is 30.7 Å². The number of ether oxygens (including phenoxy) is 3. The SMILES string of the molecule is COc1ccnc(OC)c1-c1cn(COCC[Si](C)(C)C)c2nc(NC(=O)C3CC3C(=O)O)ccc12. The van der Waals surface area contributed by atoms with Crippen molar-refractivity contribution in [3.05, 3.63) is 30.6 Å². The van der Waals surface area contributed by atoms with Crippen molar-refractivity contribution in [2.75, 3.05) is 26.1 Å². The van der Waals surface area contributed by atoms with Crippen LogP contribution >= 0.6 is 0 Å². The van der Waals surface area contributed by atoms with Crippen LogP contribution in [-0.2, 0) is 21.1 Å². The van der Waals surface area contributed by atoms with Gasteiger partial charge in [0, 0.05) is 38.0 Å². The third-order valence-corrected chi connectivity index (χ3v) is 7.91. The van der Waals surface area contributed by atoms with Crippen LogP contribution in [0.15, 0.2) is 30.6 Å². The van der Waals surface area contributed by atoms with E-state index < -0.39 is 25.9 Å². The second-order valence-corrected chi connectivity index (χ2v) is 15.7. The average molecular weight is 513 g/mol. The van der Waals surface area contributed by atoms with Gasteiger partial charge in [-0.15, -0.1) is 0 Å². The smallest absolute Gasteiger partial charge is 0.307 e. The third-order valence-electron chi connectivity index (χ3n) is 6.21. The minimum Gasteiger partial charge on any atom is -0.496 e. The number of pyridine rings is 2. The zero-order valence-corrected chi connectivity index (χ0v) is 22.2. The molecule has 1 fully saturated rings. The van der Waals surface area contributed by atoms with E-state index in [1.807, 2.05) is 16.8 Å². The minimum absolute atomic E-state index is 0.278. The number of carboxylic acids is 1. The number of carbonyl (C=O) groups is 2. The maximum Gasteiger partial charge on any atom is 0.307 e. The van der Waals surface area contributed by atoms with Gasteiger partial charge in [0.15, 0.2) is 0 Å². The van der Waals surface area contributed by atoms with Gasteiger partial charge in [-0.25, -0.2) is 9.97 Å². The summed E-state index contributed by atoms with van der Waals surface area (Å²) in [6.07, 6.45) is 3.88. The zero-order chi connectivity index (χ0) is 26.0. The van der Waals surface area contributed by atoms with Crippen LogP contribution in [0.25, 0.3) is 22.2 Å². The topological polar surface area (TPSA) is 125 Å². The number of amides is 1. The maximum absolute atomic E-state index is 12.5. The standard InChI is InChI=1S/C25H32N4O6Si/c1-33-19-8-9-26-24(34-2)21(19)18-13-29(14-35-10-11-36(3,4)5)22-15(18)6-7-20(27-22)28-23(30)16-12-17(16)25(31)32/h6-9,13,16-17H,10-12,14H2,1-5H3,(H,31,32)(H,27,28,30). The van der Waals surface area contributed by atoms with Gasteiger partial charge >= 0.3 is 5.97 Å². The summed E-state index contributed by atoms with van der Waals surface area (Å²) in [5, 5.41) is 12.7. The van der Waals surface area contributed by atoms with Crippen molar-refractivity contribution in [3.63, 3.8) is 0 Å². The van der Waals surface area contributed by atoms with Crippen LogP contribution in [0.2, 0.25) is 25.7 Å². The van der Waals surface area contributed by atoms with Crippen molar-refractivity contribution in [1.82, 2.24) is 14.5 Å². The Kier molecular flexibility index (Phi) is 7.32. The molecule has 2 atom stereocenters. The van der Waals surface area contributed by atoms with Crippen molar-refractivity contribution in [2.45, 2.75) is 38.8 Å². The van der Waals surface area contributed by atoms with Crippen molar-refractivity contribution in [3.8, 4) is 22.8 Å². The van der Waals surface area contributed by atoms with E-state index in [0.29, 0.717) is 41.7 Å². The predicted octanol–water partition coefficient (Wildman–Crippen LogP) is 4.09. The maximum atomic E-state index is 12.5. The van der Waals surface area contributed by atoms with Gasteiger partial charge in [-0.2, -0.15) is 0 Å². The van der Waals surface area contributed by atoms with Crippen molar-refractivity contribution in [1.29, 1.82) is 0 Å². The molecule has 192 valence electrons. The summed E-state index contributed by atoms with van der Waals surface area (Å²) in [5.41, 5.74) is 2.10. The van der Waals surface area contributed by atoms with Gasteiger partial charge in [0.2, 0.25) is 11.8 Å². The number of anilines is 1. The Morgan fingerprint density at radius 1 is 1.17 bits per heavy atom. The van der Waals surface area contributed by atoms with Gasteiger partial charge < -0.3 is 29.2 Å². The molecule has 0 aromatic carbocycles. The number of methoxy groups -OCH3 is 2. The number of carboxylic acid groups (broad SMARTS) is 1. The normalized spacial score (nSPS) is 17.1. The van der Waals surface area contributed by atoms with Crippen LogP contribution in [0.1, 0.15) is 6.42 Å². The molecule has 1 saturated carbocycles. The number of aliphatic carboxylic acids is 1. The first-order chi connectivity index (χ1) is 17.1. The molecule has 3 aromatic heterocycles. The van der Waals surface area contributed by atoms with Crippen molar-refractivity contribution in [2.24, 2.45) is 11.8 Å². The Morgan fingerprint density at radius 3 is 2.58 bits per heavy atom. The second-order valence-electron chi connectivity index (χ2n) is 10.1. The molecule has 10 nitrogen and oxygen atoms in total. The van der Waals surface area contributed by atoms with Crippen LogP contribution in [0.3, 0.4) is 0 Å². The summed E-state index contributed by atoms with van der Waals surface area (Å²) >= 11 is 0. The number of hydrogen-bond acceptors (Lipinski definition) is 7. The number of fused-ring (bicyclic) bond motifs is 1. The minimum atomic E-state index is -1.25. The van der Waals surface area contributed by atoms with E-state index in [0.717, 1.165) is 17.0 Å². The number of carbonyl (C=O) groups excluding carboxylic acids is 1. The lowest BCUT2D eigenvalue weighted by atomic mass is 10.1. The lowest BCUT2D eigenvalue weighted by molar-refractivity contribution is -0.139. The number of rotatable bonds is 11. The van der Waals surface area contributed by atoms with Gasteiger partial charge in [0.1, 0.15) is 23.9 Å². The molecule has 36 heavy (non-hydrogen) atoms. The molecule has 3 heterocycles. The molecule has 0 saturated heterocycles. The summed E-state index contributed by atoms with van der Waals surface area (Å²) in [6, 6.07) is 6.36. The third kappa shape index (κ3) is 5.52. The number of aromatic nitrogens is 3. The van der Waals surface area contributed by atoms with Crippen LogP contribution in [0.4, 0.5) is 5.82 Å². The Labute approximate surface area is 210 Å². The molecule has 2 unspecified atom stereocenters. The van der Waals surface area contributed by atoms with E-state index in [9.17, 15) is 9.59 Å². The Hall–Kier alpha value is -3.44. The molecule has 0 radical (unpaired) electrons. The van der Waals surface area contributed by atoms with Gasteiger partial charge in [-0.3, -0.25) is 9.59 Å². The molecule has 0 bridgehead atoms. The van der Waals surface area contributed by atoms with Crippen LogP contribution < -0.4 is 14.8 Å². The summed E-state index contributed by atoms with van der Waals surface area (Å²) in [5.74, 6) is -1.08. The fourth-order valence-electron chi connectivity index (χ4n) is 4.05. The van der Waals surface area contributed by atoms with E-state index in [1.165, 1.54) is 0 Å². The molecule has 2 N–H and O–H groups in total. The summed E-state index contributed by atoms with van der Waals surface area (Å²) in [7, 11) is 1.89.